The molecular formula is C34H50N4O7. The Balaban J connectivity index is 1.79. The minimum atomic E-state index is -2.73. The number of phenolic OH excluding ortho intramolecular Hbond substituents is 1. The molecule has 45 heavy (non-hydrogen) atoms. The Morgan fingerprint density at radius 1 is 0.978 bits per heavy atom. The molecule has 4 N–H and O–H groups in total. The van der Waals surface area contributed by atoms with E-state index >= 15 is 0 Å². The number of rotatable bonds is 13. The molecule has 0 radical (unpaired) electrons. The second-order valence-electron chi connectivity index (χ2n) is 13.6. The fraction of sp³-hybridized carbons (Fsp3) is 0.676. The normalized spacial score (nSPS) is 27.9. The molecule has 0 aromatic heterocycles. The average molecular weight is 627 g/mol. The van der Waals surface area contributed by atoms with Gasteiger partial charge in [0.25, 0.3) is 0 Å². The quantitative estimate of drug-likeness (QED) is 0.218. The van der Waals surface area contributed by atoms with Crippen molar-refractivity contribution in [2.45, 2.75) is 83.4 Å². The van der Waals surface area contributed by atoms with Crippen LogP contribution in [0, 0.1) is 23.7 Å². The van der Waals surface area contributed by atoms with Crippen molar-refractivity contribution in [3.05, 3.63) is 22.8 Å². The number of likely N-dealkylation sites (N-methyl/N-ethyl adjacent to an activating group) is 1. The number of primary amides is 1. The van der Waals surface area contributed by atoms with Crippen LogP contribution in [0.3, 0.4) is 0 Å². The zero-order valence-electron chi connectivity index (χ0n) is 27.6. The number of anilines is 1. The molecule has 3 unspecified atom stereocenters. The largest absolute Gasteiger partial charge is 0.507 e. The molecule has 11 heteroatoms. The van der Waals surface area contributed by atoms with Crippen LogP contribution in [0.4, 0.5) is 5.69 Å². The van der Waals surface area contributed by atoms with E-state index in [9.17, 15) is 34.2 Å². The molecule has 3 aliphatic carbocycles. The lowest BCUT2D eigenvalue weighted by atomic mass is 9.52. The lowest BCUT2D eigenvalue weighted by Gasteiger charge is -2.52. The average Bonchev–Trinajstić information content (AvgIpc) is 2.95. The first-order valence-electron chi connectivity index (χ1n) is 16.3. The maximum atomic E-state index is 14.3. The zero-order valence-corrected chi connectivity index (χ0v) is 27.6. The third-order valence-corrected chi connectivity index (χ3v) is 10.1. The minimum absolute atomic E-state index is 0.0297. The number of phenols is 1. The summed E-state index contributed by atoms with van der Waals surface area (Å²) < 4.78 is 0. The van der Waals surface area contributed by atoms with Crippen molar-refractivity contribution in [1.82, 2.24) is 9.80 Å². The summed E-state index contributed by atoms with van der Waals surface area (Å²) in [4.78, 5) is 73.3. The molecule has 248 valence electrons. The number of hydrogen-bond acceptors (Lipinski definition) is 10. The van der Waals surface area contributed by atoms with Gasteiger partial charge in [-0.1, -0.05) is 39.5 Å². The first kappa shape index (κ1) is 34.7. The monoisotopic (exact) mass is 626 g/mol. The summed E-state index contributed by atoms with van der Waals surface area (Å²) in [7, 11) is 6.88. The van der Waals surface area contributed by atoms with Gasteiger partial charge in [0.2, 0.25) is 5.91 Å². The maximum Gasteiger partial charge on any atom is 0.235 e. The van der Waals surface area contributed by atoms with Crippen molar-refractivity contribution in [3.63, 3.8) is 0 Å². The number of aromatic hydroxyl groups is 1. The number of nitrogens with zero attached hydrogens (tertiary/aromatic N) is 3. The lowest BCUT2D eigenvalue weighted by Crippen LogP contribution is -2.74. The number of amides is 1. The van der Waals surface area contributed by atoms with Crippen molar-refractivity contribution >= 4 is 34.7 Å². The predicted octanol–water partition coefficient (Wildman–Crippen LogP) is 2.12. The Hall–Kier alpha value is -3.15. The molecule has 1 aromatic carbocycles. The van der Waals surface area contributed by atoms with E-state index in [-0.39, 0.29) is 24.2 Å². The second-order valence-corrected chi connectivity index (χ2v) is 13.6. The van der Waals surface area contributed by atoms with E-state index in [4.69, 9.17) is 5.73 Å². The molecular weight excluding hydrogens is 576 g/mol. The third kappa shape index (κ3) is 6.06. The van der Waals surface area contributed by atoms with Crippen LogP contribution < -0.4 is 10.6 Å². The highest BCUT2D eigenvalue weighted by Gasteiger charge is 2.69. The maximum absolute atomic E-state index is 14.3. The third-order valence-electron chi connectivity index (χ3n) is 10.1. The van der Waals surface area contributed by atoms with Crippen molar-refractivity contribution in [2.75, 3.05) is 46.2 Å². The van der Waals surface area contributed by atoms with Crippen LogP contribution in [0.15, 0.2) is 6.07 Å². The molecule has 2 saturated carbocycles. The molecule has 0 spiro atoms. The Morgan fingerprint density at radius 2 is 1.58 bits per heavy atom. The van der Waals surface area contributed by atoms with Crippen LogP contribution in [0.5, 0.6) is 5.75 Å². The lowest BCUT2D eigenvalue weighted by molar-refractivity contribution is -0.181. The Bertz CT molecular complexity index is 1350. The molecule has 11 nitrogen and oxygen atoms in total. The first-order chi connectivity index (χ1) is 21.2. The highest BCUT2D eigenvalue weighted by molar-refractivity contribution is 6.32. The standard InChI is InChI=1S/C34H50N4O7/c1-7-9-11-13-38(14-12-10-8-2)18-20-17-23(36(3)4)21-15-19-16-22-27(37(5)6)30(41)26(33(35)44)32(43)34(22,45)31(42)24(19)29(40)25(21)28(20)39/h17,19,22,24,26-27,39,45H,7-16,18H2,1-6H3,(H2,35,44)/t19-,22-,24?,26?,27?,34-/m0/s1. The Morgan fingerprint density at radius 3 is 2.09 bits per heavy atom. The highest BCUT2D eigenvalue weighted by Crippen LogP contribution is 2.52. The van der Waals surface area contributed by atoms with Gasteiger partial charge in [-0.15, -0.1) is 0 Å². The number of benzene rings is 1. The predicted molar refractivity (Wildman–Crippen MR) is 170 cm³/mol. The number of nitrogens with two attached hydrogens (primary N) is 1. The van der Waals surface area contributed by atoms with Crippen LogP contribution in [-0.4, -0.2) is 102 Å². The number of fused-ring (bicyclic) bond motifs is 3. The van der Waals surface area contributed by atoms with Gasteiger partial charge in [-0.3, -0.25) is 33.8 Å². The number of aliphatic hydroxyl groups is 1. The number of carbonyl (C=O) groups excluding carboxylic acids is 5. The summed E-state index contributed by atoms with van der Waals surface area (Å²) in [6.07, 6.45) is 6.65. The molecule has 2 fully saturated rings. The van der Waals surface area contributed by atoms with Crippen molar-refractivity contribution in [1.29, 1.82) is 0 Å². The topological polar surface area (TPSA) is 162 Å². The van der Waals surface area contributed by atoms with Crippen LogP contribution in [0.25, 0.3) is 0 Å². The van der Waals surface area contributed by atoms with Gasteiger partial charge in [-0.2, -0.15) is 0 Å². The second kappa shape index (κ2) is 13.7. The van der Waals surface area contributed by atoms with E-state index < -0.39 is 64.4 Å². The molecule has 0 bridgehead atoms. The summed E-state index contributed by atoms with van der Waals surface area (Å²) in [6, 6.07) is 0.797. The minimum Gasteiger partial charge on any atom is -0.507 e. The smallest absolute Gasteiger partial charge is 0.235 e. The zero-order chi connectivity index (χ0) is 33.4. The van der Waals surface area contributed by atoms with Gasteiger partial charge in [0.1, 0.15) is 5.75 Å². The summed E-state index contributed by atoms with van der Waals surface area (Å²) in [6.45, 7) is 6.44. The summed E-state index contributed by atoms with van der Waals surface area (Å²) >= 11 is 0. The van der Waals surface area contributed by atoms with Gasteiger partial charge in [-0.25, -0.2) is 0 Å². The SMILES string of the molecule is CCCCCN(CCCCC)Cc1cc(N(C)C)c2c(c1O)C(=O)C1C(=O)[C@]3(O)C(=O)C(C(N)=O)C(=O)C(N(C)C)[C@@H]3C[C@@H]1C2. The summed E-state index contributed by atoms with van der Waals surface area (Å²) in [5.41, 5.74) is 4.69. The molecule has 1 amide bonds. The Kier molecular flexibility index (Phi) is 10.6. The molecule has 4 rings (SSSR count). The number of ketones is 4. The number of hydrogen-bond donors (Lipinski definition) is 3. The molecule has 6 atom stereocenters. The Labute approximate surface area is 266 Å². The van der Waals surface area contributed by atoms with Crippen molar-refractivity contribution in [3.8, 4) is 5.75 Å². The van der Waals surface area contributed by atoms with Gasteiger partial charge in [0.05, 0.1) is 17.5 Å². The fourth-order valence-corrected chi connectivity index (χ4v) is 7.91. The van der Waals surface area contributed by atoms with E-state index in [1.165, 1.54) is 4.90 Å². The molecule has 0 aliphatic heterocycles. The van der Waals surface area contributed by atoms with Crippen LogP contribution in [-0.2, 0) is 32.1 Å². The van der Waals surface area contributed by atoms with E-state index in [1.807, 2.05) is 25.1 Å². The summed E-state index contributed by atoms with van der Waals surface area (Å²) in [5, 5.41) is 23.5. The highest BCUT2D eigenvalue weighted by atomic mass is 16.3. The van der Waals surface area contributed by atoms with Gasteiger partial charge >= 0.3 is 0 Å². The molecule has 1 aromatic rings. The first-order valence-corrected chi connectivity index (χ1v) is 16.3. The summed E-state index contributed by atoms with van der Waals surface area (Å²) in [5.74, 6) is -10.3. The fourth-order valence-electron chi connectivity index (χ4n) is 7.91. The number of Topliss-reactive ketones (excluding diaryl/α,β-unsaturated/α-hetero) is 4. The van der Waals surface area contributed by atoms with Crippen LogP contribution in [0.1, 0.15) is 80.3 Å². The van der Waals surface area contributed by atoms with Gasteiger partial charge in [0.15, 0.2) is 34.7 Å². The van der Waals surface area contributed by atoms with Gasteiger partial charge in [-0.05, 0) is 70.4 Å². The van der Waals surface area contributed by atoms with E-state index in [1.54, 1.807) is 14.1 Å². The van der Waals surface area contributed by atoms with Crippen LogP contribution in [0.2, 0.25) is 0 Å². The van der Waals surface area contributed by atoms with Crippen molar-refractivity contribution < 1.29 is 34.2 Å². The van der Waals surface area contributed by atoms with Crippen LogP contribution >= 0.6 is 0 Å². The van der Waals surface area contributed by atoms with E-state index in [2.05, 4.69) is 18.7 Å². The van der Waals surface area contributed by atoms with Crippen molar-refractivity contribution in [2.24, 2.45) is 29.4 Å². The number of carbonyl (C=O) groups is 5. The van der Waals surface area contributed by atoms with E-state index in [0.29, 0.717) is 17.7 Å². The molecule has 0 saturated heterocycles. The van der Waals surface area contributed by atoms with Gasteiger partial charge < -0.3 is 20.8 Å². The number of unbranched alkanes of at least 4 members (excludes halogenated alkanes) is 4. The molecule has 3 aliphatic rings. The van der Waals surface area contributed by atoms with Gasteiger partial charge in [0, 0.05) is 37.8 Å². The van der Waals surface area contributed by atoms with E-state index in [0.717, 1.165) is 57.3 Å². The molecule has 0 heterocycles.